The molecular formula is C12H14N2. The van der Waals surface area contributed by atoms with Crippen molar-refractivity contribution in [2.24, 2.45) is 5.73 Å². The minimum Gasteiger partial charge on any atom is -0.313 e. The Hall–Kier alpha value is -1.33. The Morgan fingerprint density at radius 2 is 2.07 bits per heavy atom. The van der Waals surface area contributed by atoms with Crippen molar-refractivity contribution in [2.45, 2.75) is 30.7 Å². The van der Waals surface area contributed by atoms with E-state index in [0.717, 1.165) is 19.3 Å². The van der Waals surface area contributed by atoms with E-state index in [2.05, 4.69) is 18.2 Å². The van der Waals surface area contributed by atoms with Gasteiger partial charge in [0.1, 0.15) is 5.54 Å². The van der Waals surface area contributed by atoms with Crippen LogP contribution in [0.3, 0.4) is 0 Å². The minimum atomic E-state index is -0.638. The maximum Gasteiger partial charge on any atom is 0.111 e. The molecule has 2 heteroatoms. The summed E-state index contributed by atoms with van der Waals surface area (Å²) >= 11 is 0. The molecule has 1 fully saturated rings. The molecule has 0 heterocycles. The van der Waals surface area contributed by atoms with E-state index in [0.29, 0.717) is 0 Å². The van der Waals surface area contributed by atoms with Crippen LogP contribution < -0.4 is 5.73 Å². The molecule has 14 heavy (non-hydrogen) atoms. The monoisotopic (exact) mass is 186 g/mol. The van der Waals surface area contributed by atoms with Gasteiger partial charge >= 0.3 is 0 Å². The molecule has 2 nitrogen and oxygen atoms in total. The summed E-state index contributed by atoms with van der Waals surface area (Å²) in [5, 5.41) is 9.08. The van der Waals surface area contributed by atoms with Crippen molar-refractivity contribution in [1.29, 1.82) is 5.26 Å². The Kier molecular flexibility index (Phi) is 2.26. The van der Waals surface area contributed by atoms with E-state index in [4.69, 9.17) is 11.0 Å². The van der Waals surface area contributed by atoms with Gasteiger partial charge in [-0.05, 0) is 24.8 Å². The molecule has 1 saturated carbocycles. The van der Waals surface area contributed by atoms with Crippen LogP contribution in [-0.4, -0.2) is 5.54 Å². The molecule has 2 N–H and O–H groups in total. The Balaban J connectivity index is 2.32. The molecule has 1 aromatic carbocycles. The smallest absolute Gasteiger partial charge is 0.111 e. The summed E-state index contributed by atoms with van der Waals surface area (Å²) in [7, 11) is 0. The highest BCUT2D eigenvalue weighted by atomic mass is 14.8. The third kappa shape index (κ3) is 1.40. The summed E-state index contributed by atoms with van der Waals surface area (Å²) in [5.74, 6) is 0.216. The van der Waals surface area contributed by atoms with E-state index in [9.17, 15) is 0 Å². The highest BCUT2D eigenvalue weighted by Crippen LogP contribution is 2.40. The van der Waals surface area contributed by atoms with Gasteiger partial charge in [-0.3, -0.25) is 0 Å². The molecule has 0 amide bonds. The van der Waals surface area contributed by atoms with Crippen LogP contribution in [0.25, 0.3) is 0 Å². The van der Waals surface area contributed by atoms with Crippen LogP contribution >= 0.6 is 0 Å². The quantitative estimate of drug-likeness (QED) is 0.730. The van der Waals surface area contributed by atoms with Crippen molar-refractivity contribution in [1.82, 2.24) is 0 Å². The van der Waals surface area contributed by atoms with Gasteiger partial charge < -0.3 is 5.73 Å². The third-order valence-electron chi connectivity index (χ3n) is 3.12. The molecule has 0 saturated heterocycles. The molecule has 1 aliphatic carbocycles. The van der Waals surface area contributed by atoms with E-state index in [1.165, 1.54) is 5.56 Å². The first-order valence-electron chi connectivity index (χ1n) is 5.01. The van der Waals surface area contributed by atoms with Crippen molar-refractivity contribution in [3.05, 3.63) is 35.9 Å². The van der Waals surface area contributed by atoms with E-state index in [-0.39, 0.29) is 5.92 Å². The summed E-state index contributed by atoms with van der Waals surface area (Å²) < 4.78 is 0. The largest absolute Gasteiger partial charge is 0.313 e. The van der Waals surface area contributed by atoms with Crippen LogP contribution in [0, 0.1) is 11.3 Å². The zero-order valence-electron chi connectivity index (χ0n) is 8.11. The number of rotatable bonds is 1. The lowest BCUT2D eigenvalue weighted by Gasteiger charge is -2.23. The first-order chi connectivity index (χ1) is 6.76. The zero-order chi connectivity index (χ0) is 10.0. The normalized spacial score (nSPS) is 31.3. The Morgan fingerprint density at radius 3 is 2.71 bits per heavy atom. The summed E-state index contributed by atoms with van der Waals surface area (Å²) in [4.78, 5) is 0. The van der Waals surface area contributed by atoms with Gasteiger partial charge in [0.25, 0.3) is 0 Å². The van der Waals surface area contributed by atoms with Gasteiger partial charge in [-0.1, -0.05) is 30.3 Å². The molecule has 0 radical (unpaired) electrons. The molecule has 2 rings (SSSR count). The lowest BCUT2D eigenvalue weighted by Crippen LogP contribution is -2.40. The van der Waals surface area contributed by atoms with Crippen LogP contribution in [0.15, 0.2) is 30.3 Å². The molecule has 72 valence electrons. The summed E-state index contributed by atoms with van der Waals surface area (Å²) in [6, 6.07) is 12.4. The van der Waals surface area contributed by atoms with Gasteiger partial charge in [-0.2, -0.15) is 5.26 Å². The molecule has 0 unspecified atom stereocenters. The lowest BCUT2D eigenvalue weighted by molar-refractivity contribution is 0.497. The van der Waals surface area contributed by atoms with Crippen molar-refractivity contribution < 1.29 is 0 Å². The molecule has 0 bridgehead atoms. The number of nitriles is 1. The van der Waals surface area contributed by atoms with E-state index < -0.39 is 5.54 Å². The number of benzene rings is 1. The highest BCUT2D eigenvalue weighted by Gasteiger charge is 2.40. The number of nitrogens with zero attached hydrogens (tertiary/aromatic N) is 1. The zero-order valence-corrected chi connectivity index (χ0v) is 8.11. The van der Waals surface area contributed by atoms with Crippen molar-refractivity contribution in [2.75, 3.05) is 0 Å². The summed E-state index contributed by atoms with van der Waals surface area (Å²) in [6.45, 7) is 0. The van der Waals surface area contributed by atoms with E-state index in [1.807, 2.05) is 18.2 Å². The summed E-state index contributed by atoms with van der Waals surface area (Å²) in [5.41, 5.74) is 6.64. The van der Waals surface area contributed by atoms with Gasteiger partial charge in [0.15, 0.2) is 0 Å². The number of hydrogen-bond acceptors (Lipinski definition) is 2. The Bertz CT molecular complexity index is 352. The van der Waals surface area contributed by atoms with E-state index in [1.54, 1.807) is 0 Å². The number of hydrogen-bond donors (Lipinski definition) is 1. The number of nitrogens with two attached hydrogens (primary N) is 1. The van der Waals surface area contributed by atoms with E-state index >= 15 is 0 Å². The molecule has 1 aromatic rings. The predicted molar refractivity (Wildman–Crippen MR) is 55.6 cm³/mol. The second-order valence-electron chi connectivity index (χ2n) is 4.01. The maximum absolute atomic E-state index is 9.08. The Morgan fingerprint density at radius 1 is 1.36 bits per heavy atom. The molecular weight excluding hydrogens is 172 g/mol. The van der Waals surface area contributed by atoms with Crippen LogP contribution in [-0.2, 0) is 0 Å². The van der Waals surface area contributed by atoms with Crippen molar-refractivity contribution in [3.63, 3.8) is 0 Å². The molecule has 2 atom stereocenters. The maximum atomic E-state index is 9.08. The SMILES string of the molecule is N#C[C@@]1(N)CCC[C@@H]1c1ccccc1. The average molecular weight is 186 g/mol. The topological polar surface area (TPSA) is 49.8 Å². The van der Waals surface area contributed by atoms with Crippen molar-refractivity contribution in [3.8, 4) is 6.07 Å². The van der Waals surface area contributed by atoms with Crippen molar-refractivity contribution >= 4 is 0 Å². The fourth-order valence-corrected chi connectivity index (χ4v) is 2.31. The first kappa shape index (κ1) is 9.23. The van der Waals surface area contributed by atoms with Gasteiger partial charge in [0.05, 0.1) is 6.07 Å². The van der Waals surface area contributed by atoms with Crippen LogP contribution in [0.1, 0.15) is 30.7 Å². The highest BCUT2D eigenvalue weighted by molar-refractivity contribution is 5.30. The fraction of sp³-hybridized carbons (Fsp3) is 0.417. The average Bonchev–Trinajstić information content (AvgIpc) is 2.63. The van der Waals surface area contributed by atoms with Crippen LogP contribution in [0.4, 0.5) is 0 Å². The van der Waals surface area contributed by atoms with Gasteiger partial charge in [-0.25, -0.2) is 0 Å². The fourth-order valence-electron chi connectivity index (χ4n) is 2.31. The minimum absolute atomic E-state index is 0.216. The van der Waals surface area contributed by atoms with Gasteiger partial charge in [0.2, 0.25) is 0 Å². The molecule has 0 spiro atoms. The third-order valence-corrected chi connectivity index (χ3v) is 3.12. The van der Waals surface area contributed by atoms with Crippen LogP contribution in [0.2, 0.25) is 0 Å². The van der Waals surface area contributed by atoms with Gasteiger partial charge in [0, 0.05) is 5.92 Å². The molecule has 0 aliphatic heterocycles. The second kappa shape index (κ2) is 3.43. The summed E-state index contributed by atoms with van der Waals surface area (Å²) in [6.07, 6.45) is 2.92. The molecule has 0 aromatic heterocycles. The van der Waals surface area contributed by atoms with Gasteiger partial charge in [-0.15, -0.1) is 0 Å². The lowest BCUT2D eigenvalue weighted by atomic mass is 9.84. The second-order valence-corrected chi connectivity index (χ2v) is 4.01. The standard InChI is InChI=1S/C12H14N2/c13-9-12(14)8-4-7-11(12)10-5-2-1-3-6-10/h1-3,5-6,11H,4,7-8,14H2/t11-,12+/m1/s1. The van der Waals surface area contributed by atoms with Crippen LogP contribution in [0.5, 0.6) is 0 Å². The Labute approximate surface area is 84.3 Å². The molecule has 1 aliphatic rings. The predicted octanol–water partition coefficient (Wildman–Crippen LogP) is 2.18. The first-order valence-corrected chi connectivity index (χ1v) is 5.01.